The molecule has 0 N–H and O–H groups in total. The summed E-state index contributed by atoms with van der Waals surface area (Å²) in [5.41, 5.74) is 5.39. The van der Waals surface area contributed by atoms with E-state index in [0.29, 0.717) is 11.3 Å². The van der Waals surface area contributed by atoms with Gasteiger partial charge >= 0.3 is 5.97 Å². The molecule has 0 saturated heterocycles. The molecule has 5 aromatic rings. The molecule has 0 aliphatic carbocycles. The van der Waals surface area contributed by atoms with Crippen molar-refractivity contribution in [2.45, 2.75) is 25.5 Å². The van der Waals surface area contributed by atoms with Gasteiger partial charge in [0.1, 0.15) is 0 Å². The van der Waals surface area contributed by atoms with Crippen LogP contribution in [0.25, 0.3) is 43.7 Å². The number of hydrogen-bond donors (Lipinski definition) is 0. The molecule has 2 aromatic carbocycles. The van der Waals surface area contributed by atoms with Gasteiger partial charge in [-0.25, -0.2) is 18.2 Å². The molecule has 0 unspecified atom stereocenters. The van der Waals surface area contributed by atoms with E-state index in [1.807, 2.05) is 60.7 Å². The molecule has 0 spiro atoms. The van der Waals surface area contributed by atoms with Gasteiger partial charge in [-0.3, -0.25) is 9.97 Å². The summed E-state index contributed by atoms with van der Waals surface area (Å²) in [4.78, 5) is 26.9. The number of aromatic nitrogens is 3. The third-order valence-electron chi connectivity index (χ3n) is 6.78. The van der Waals surface area contributed by atoms with Crippen molar-refractivity contribution in [2.24, 2.45) is 0 Å². The second-order valence-corrected chi connectivity index (χ2v) is 13.2. The second kappa shape index (κ2) is 10.3. The highest BCUT2D eigenvalue weighted by Crippen LogP contribution is 2.40. The van der Waals surface area contributed by atoms with Gasteiger partial charge in [0, 0.05) is 46.9 Å². The molecule has 3 heterocycles. The second-order valence-electron chi connectivity index (χ2n) is 9.62. The molecule has 198 valence electrons. The van der Waals surface area contributed by atoms with E-state index in [1.165, 1.54) is 17.6 Å². The van der Waals surface area contributed by atoms with E-state index in [1.54, 1.807) is 39.4 Å². The van der Waals surface area contributed by atoms with E-state index in [9.17, 15) is 13.2 Å². The first-order valence-corrected chi connectivity index (χ1v) is 15.1. The Kier molecular flexibility index (Phi) is 7.05. The van der Waals surface area contributed by atoms with Crippen LogP contribution in [0, 0.1) is 0 Å². The Labute approximate surface area is 231 Å². The normalized spacial score (nSPS) is 12.0. The molecule has 7 nitrogen and oxygen atoms in total. The van der Waals surface area contributed by atoms with Crippen LogP contribution in [0.3, 0.4) is 0 Å². The maximum absolute atomic E-state index is 12.7. The zero-order chi connectivity index (χ0) is 27.8. The average molecular weight is 558 g/mol. The number of hydrogen-bond acceptors (Lipinski definition) is 8. The van der Waals surface area contributed by atoms with Crippen LogP contribution in [0.4, 0.5) is 0 Å². The Hall–Kier alpha value is -3.95. The van der Waals surface area contributed by atoms with E-state index in [4.69, 9.17) is 4.74 Å². The van der Waals surface area contributed by atoms with Gasteiger partial charge in [-0.1, -0.05) is 30.3 Å². The van der Waals surface area contributed by atoms with E-state index >= 15 is 0 Å². The Morgan fingerprint density at radius 1 is 0.974 bits per heavy atom. The third kappa shape index (κ3) is 5.07. The van der Waals surface area contributed by atoms with Gasteiger partial charge in [0.15, 0.2) is 9.84 Å². The predicted octanol–water partition coefficient (Wildman–Crippen LogP) is 6.54. The number of fused-ring (bicyclic) bond motifs is 1. The van der Waals surface area contributed by atoms with E-state index in [0.717, 1.165) is 38.0 Å². The number of sulfone groups is 1. The minimum Gasteiger partial charge on any atom is -0.461 e. The number of pyridine rings is 2. The van der Waals surface area contributed by atoms with Crippen LogP contribution in [0.15, 0.2) is 79.3 Å². The van der Waals surface area contributed by atoms with Crippen molar-refractivity contribution >= 4 is 38.0 Å². The van der Waals surface area contributed by atoms with E-state index in [2.05, 4.69) is 15.0 Å². The summed E-state index contributed by atoms with van der Waals surface area (Å²) < 4.78 is 29.5. The first-order valence-electron chi connectivity index (χ1n) is 12.4. The van der Waals surface area contributed by atoms with Crippen molar-refractivity contribution in [2.75, 3.05) is 12.9 Å². The molecule has 0 bridgehead atoms. The average Bonchev–Trinajstić information content (AvgIpc) is 3.38. The molecule has 0 fully saturated rings. The summed E-state index contributed by atoms with van der Waals surface area (Å²) in [6.07, 6.45) is 6.41. The molecule has 9 heteroatoms. The van der Waals surface area contributed by atoms with E-state index in [-0.39, 0.29) is 11.6 Å². The number of esters is 1. The maximum Gasteiger partial charge on any atom is 0.367 e. The molecule has 5 rings (SSSR count). The molecule has 0 amide bonds. The molecule has 0 atom stereocenters. The van der Waals surface area contributed by atoms with Crippen LogP contribution in [0.2, 0.25) is 0 Å². The lowest BCUT2D eigenvalue weighted by atomic mass is 9.92. The number of ether oxygens (including phenoxy) is 1. The monoisotopic (exact) mass is 557 g/mol. The van der Waals surface area contributed by atoms with Crippen molar-refractivity contribution < 1.29 is 17.9 Å². The van der Waals surface area contributed by atoms with Gasteiger partial charge < -0.3 is 4.74 Å². The van der Waals surface area contributed by atoms with Crippen LogP contribution in [-0.4, -0.2) is 42.2 Å². The molecule has 39 heavy (non-hydrogen) atoms. The summed E-state index contributed by atoms with van der Waals surface area (Å²) in [5, 5.41) is 1.11. The van der Waals surface area contributed by atoms with Crippen LogP contribution < -0.4 is 0 Å². The third-order valence-corrected chi connectivity index (χ3v) is 9.95. The lowest BCUT2D eigenvalue weighted by Gasteiger charge is -2.24. The standard InChI is InChI=1S/C30H27N3O4S2/c1-5-37-29(34)28-33-26(27(38-28)22-12-7-13-31-18-22)20-10-6-9-19(15-20)24-17-23(30(2,3)39(4,35)36)16-21-11-8-14-32-25(21)24/h6-18H,5H2,1-4H3. The van der Waals surface area contributed by atoms with Gasteiger partial charge in [0.25, 0.3) is 0 Å². The van der Waals surface area contributed by atoms with Gasteiger partial charge in [-0.15, -0.1) is 11.3 Å². The molecule has 0 radical (unpaired) electrons. The first-order chi connectivity index (χ1) is 18.6. The predicted molar refractivity (Wildman–Crippen MR) is 155 cm³/mol. The number of carbonyl (C=O) groups is 1. The summed E-state index contributed by atoms with van der Waals surface area (Å²) in [6, 6.07) is 19.2. The fourth-order valence-electron chi connectivity index (χ4n) is 4.30. The SMILES string of the molecule is CCOC(=O)c1nc(-c2cccc(-c3cc(C(C)(C)S(C)(=O)=O)cc4cccnc34)c2)c(-c2cccnc2)s1. The lowest BCUT2D eigenvalue weighted by molar-refractivity contribution is 0.0526. The summed E-state index contributed by atoms with van der Waals surface area (Å²) in [7, 11) is -3.40. The van der Waals surface area contributed by atoms with Crippen LogP contribution >= 0.6 is 11.3 Å². The highest BCUT2D eigenvalue weighted by molar-refractivity contribution is 7.91. The minimum atomic E-state index is -3.40. The van der Waals surface area contributed by atoms with E-state index < -0.39 is 20.6 Å². The largest absolute Gasteiger partial charge is 0.461 e. The minimum absolute atomic E-state index is 0.256. The Morgan fingerprint density at radius 3 is 2.44 bits per heavy atom. The van der Waals surface area contributed by atoms with Gasteiger partial charge in [-0.05, 0) is 62.2 Å². The fraction of sp³-hybridized carbons (Fsp3) is 0.200. The number of rotatable bonds is 7. The maximum atomic E-state index is 12.7. The Bertz CT molecular complexity index is 1800. The number of nitrogens with zero attached hydrogens (tertiary/aromatic N) is 3. The van der Waals surface area contributed by atoms with Gasteiger partial charge in [0.05, 0.1) is 27.4 Å². The van der Waals surface area contributed by atoms with Crippen molar-refractivity contribution in [1.29, 1.82) is 0 Å². The molecule has 3 aromatic heterocycles. The molecule has 0 saturated carbocycles. The smallest absolute Gasteiger partial charge is 0.367 e. The van der Waals surface area contributed by atoms with Crippen LogP contribution in [-0.2, 0) is 19.3 Å². The molecule has 0 aliphatic rings. The number of thiazole rings is 1. The van der Waals surface area contributed by atoms with Crippen molar-refractivity contribution in [1.82, 2.24) is 15.0 Å². The molecular formula is C30H27N3O4S2. The Morgan fingerprint density at radius 2 is 1.72 bits per heavy atom. The highest BCUT2D eigenvalue weighted by Gasteiger charge is 2.33. The van der Waals surface area contributed by atoms with Gasteiger partial charge in [0.2, 0.25) is 5.01 Å². The molecule has 0 aliphatic heterocycles. The number of carbonyl (C=O) groups excluding carboxylic acids is 1. The Balaban J connectivity index is 1.71. The van der Waals surface area contributed by atoms with Crippen LogP contribution in [0.1, 0.15) is 36.1 Å². The summed E-state index contributed by atoms with van der Waals surface area (Å²) in [6.45, 7) is 5.44. The molecular weight excluding hydrogens is 530 g/mol. The fourth-order valence-corrected chi connectivity index (χ4v) is 5.81. The summed E-state index contributed by atoms with van der Waals surface area (Å²) >= 11 is 1.26. The van der Waals surface area contributed by atoms with Crippen molar-refractivity contribution in [3.8, 4) is 32.8 Å². The quantitative estimate of drug-likeness (QED) is 0.209. The van der Waals surface area contributed by atoms with Crippen molar-refractivity contribution in [3.05, 3.63) is 89.8 Å². The highest BCUT2D eigenvalue weighted by atomic mass is 32.2. The zero-order valence-corrected chi connectivity index (χ0v) is 23.6. The van der Waals surface area contributed by atoms with Crippen molar-refractivity contribution in [3.63, 3.8) is 0 Å². The van der Waals surface area contributed by atoms with Gasteiger partial charge in [-0.2, -0.15) is 0 Å². The number of benzene rings is 2. The lowest BCUT2D eigenvalue weighted by Crippen LogP contribution is -2.28. The summed E-state index contributed by atoms with van der Waals surface area (Å²) in [5.74, 6) is -0.471. The zero-order valence-electron chi connectivity index (χ0n) is 22.0. The first kappa shape index (κ1) is 26.6. The van der Waals surface area contributed by atoms with Crippen LogP contribution in [0.5, 0.6) is 0 Å². The topological polar surface area (TPSA) is 99.1 Å².